The summed E-state index contributed by atoms with van der Waals surface area (Å²) in [6, 6.07) is 28.9. The maximum Gasteiger partial charge on any atom is 1.00 e. The van der Waals surface area contributed by atoms with Gasteiger partial charge in [0, 0.05) is 56.3 Å². The van der Waals surface area contributed by atoms with Gasteiger partial charge in [-0.15, -0.1) is 0 Å². The first-order valence-corrected chi connectivity index (χ1v) is 19.0. The zero-order valence-electron chi connectivity index (χ0n) is 29.5. The molecule has 1 aliphatic carbocycles. The topological polar surface area (TPSA) is 124 Å². The summed E-state index contributed by atoms with van der Waals surface area (Å²) in [5.74, 6) is 0. The minimum absolute atomic E-state index is 0. The summed E-state index contributed by atoms with van der Waals surface area (Å²) in [6.07, 6.45) is 8.25. The Morgan fingerprint density at radius 2 is 1.16 bits per heavy atom. The first kappa shape index (κ1) is 40.0. The van der Waals surface area contributed by atoms with E-state index >= 15 is 0 Å². The van der Waals surface area contributed by atoms with Gasteiger partial charge in [0.05, 0.1) is 9.79 Å². The van der Waals surface area contributed by atoms with Crippen LogP contribution in [0.1, 0.15) is 36.1 Å². The smallest absolute Gasteiger partial charge is 0.744 e. The monoisotopic (exact) mass is 733 g/mol. The van der Waals surface area contributed by atoms with Gasteiger partial charge in [-0.05, 0) is 102 Å². The molecule has 0 atom stereocenters. The van der Waals surface area contributed by atoms with E-state index in [2.05, 4.69) is 62.9 Å². The molecule has 0 fully saturated rings. The molecule has 0 unspecified atom stereocenters. The van der Waals surface area contributed by atoms with E-state index in [-0.39, 0.29) is 39.3 Å². The normalized spacial score (nSPS) is 12.7. The van der Waals surface area contributed by atoms with Crippen molar-refractivity contribution < 1.29 is 60.1 Å². The van der Waals surface area contributed by atoms with Crippen LogP contribution >= 0.6 is 0 Å². The fourth-order valence-corrected chi connectivity index (χ4v) is 7.00. The van der Waals surface area contributed by atoms with Crippen molar-refractivity contribution in [3.63, 3.8) is 0 Å². The number of hydrogen-bond acceptors (Lipinski definition) is 8. The zero-order valence-corrected chi connectivity index (χ0v) is 33.1. The van der Waals surface area contributed by atoms with Gasteiger partial charge in [-0.2, -0.15) is 0 Å². The molecule has 0 heterocycles. The van der Waals surface area contributed by atoms with Crippen LogP contribution < -0.4 is 39.4 Å². The van der Waals surface area contributed by atoms with Crippen LogP contribution in [-0.4, -0.2) is 63.4 Å². The molecule has 12 heteroatoms. The molecule has 0 aliphatic heterocycles. The second-order valence-corrected chi connectivity index (χ2v) is 14.9. The molecule has 0 aromatic heterocycles. The molecule has 0 amide bonds. The summed E-state index contributed by atoms with van der Waals surface area (Å²) in [7, 11) is -5.09. The molecule has 0 saturated heterocycles. The fraction of sp³-hybridized carbons (Fsp3) is 0.205. The number of rotatable bonds is 12. The molecular formula is C39H40N3NaO6S2. The van der Waals surface area contributed by atoms with Crippen LogP contribution in [0.5, 0.6) is 0 Å². The summed E-state index contributed by atoms with van der Waals surface area (Å²) in [4.78, 5) is 3.69. The number of nitrogens with zero attached hydrogens (tertiary/aromatic N) is 3. The number of benzene rings is 4. The van der Waals surface area contributed by atoms with Gasteiger partial charge in [-0.3, -0.25) is 0 Å². The fourth-order valence-electron chi connectivity index (χ4n) is 5.91. The van der Waals surface area contributed by atoms with Gasteiger partial charge in [0.1, 0.15) is 26.8 Å². The number of allylic oxidation sites excluding steroid dienone is 5. The van der Waals surface area contributed by atoms with Gasteiger partial charge < -0.3 is 18.9 Å². The Morgan fingerprint density at radius 1 is 0.667 bits per heavy atom. The summed E-state index contributed by atoms with van der Waals surface area (Å²) >= 11 is 0. The average molecular weight is 734 g/mol. The second-order valence-electron chi connectivity index (χ2n) is 12.1. The molecule has 9 nitrogen and oxygen atoms in total. The Labute approximate surface area is 323 Å². The molecule has 4 aromatic rings. The van der Waals surface area contributed by atoms with E-state index in [1.165, 1.54) is 24.3 Å². The van der Waals surface area contributed by atoms with Gasteiger partial charge in [-0.1, -0.05) is 48.5 Å². The van der Waals surface area contributed by atoms with Crippen molar-refractivity contribution in [3.05, 3.63) is 149 Å². The molecule has 51 heavy (non-hydrogen) atoms. The molecule has 0 radical (unpaired) electrons. The van der Waals surface area contributed by atoms with Crippen LogP contribution in [0.2, 0.25) is 0 Å². The molecule has 0 saturated carbocycles. The van der Waals surface area contributed by atoms with Gasteiger partial charge in [0.2, 0.25) is 0 Å². The maximum atomic E-state index is 11.6. The van der Waals surface area contributed by atoms with Crippen molar-refractivity contribution in [2.75, 3.05) is 37.0 Å². The second kappa shape index (κ2) is 17.1. The van der Waals surface area contributed by atoms with Crippen molar-refractivity contribution in [1.29, 1.82) is 0 Å². The van der Waals surface area contributed by atoms with Crippen molar-refractivity contribution in [2.24, 2.45) is 0 Å². The molecule has 0 bridgehead atoms. The van der Waals surface area contributed by atoms with Gasteiger partial charge in [0.25, 0.3) is 0 Å². The number of hydrogen-bond donors (Lipinski definition) is 0. The van der Waals surface area contributed by atoms with E-state index in [4.69, 9.17) is 0 Å². The maximum absolute atomic E-state index is 11.6. The first-order valence-electron chi connectivity index (χ1n) is 16.2. The third kappa shape index (κ3) is 10.2. The molecule has 0 N–H and O–H groups in total. The largest absolute Gasteiger partial charge is 1.00 e. The molecule has 260 valence electrons. The average Bonchev–Trinajstić information content (AvgIpc) is 3.10. The Kier molecular flexibility index (Phi) is 13.4. The van der Waals surface area contributed by atoms with E-state index in [9.17, 15) is 25.9 Å². The van der Waals surface area contributed by atoms with E-state index in [0.717, 1.165) is 50.5 Å². The predicted molar refractivity (Wildman–Crippen MR) is 197 cm³/mol. The Hall–Kier alpha value is -3.81. The van der Waals surface area contributed by atoms with Gasteiger partial charge >= 0.3 is 29.6 Å². The van der Waals surface area contributed by atoms with Crippen molar-refractivity contribution in [1.82, 2.24) is 0 Å². The van der Waals surface area contributed by atoms with Crippen LogP contribution in [-0.2, 0) is 33.3 Å². The van der Waals surface area contributed by atoms with E-state index in [1.807, 2.05) is 64.4 Å². The van der Waals surface area contributed by atoms with E-state index < -0.39 is 20.2 Å². The standard InChI is InChI=1S/C39H41N3O6S2.Na/c1-5-41(27-29-9-7-11-37(25-29)49(43,44)45)35-21-15-32(16-22-35)39(31-13-19-34(20-14-31)40(3)4)33-17-23-36(24-18-33)42(6-2)28-30-10-8-12-38(26-30)50(46,47)48;/h7-26H,5-6,27-28H2,1-4H3,(H-,43,44,45,46,47,48);/q;+1/p-1. The van der Waals surface area contributed by atoms with Crippen LogP contribution in [0.3, 0.4) is 0 Å². The number of anilines is 2. The van der Waals surface area contributed by atoms with E-state index in [0.29, 0.717) is 26.2 Å². The van der Waals surface area contributed by atoms with Crippen molar-refractivity contribution in [2.45, 2.75) is 36.7 Å². The van der Waals surface area contributed by atoms with Crippen molar-refractivity contribution in [3.8, 4) is 0 Å². The van der Waals surface area contributed by atoms with Crippen LogP contribution in [0.25, 0.3) is 5.57 Å². The van der Waals surface area contributed by atoms with Crippen LogP contribution in [0.4, 0.5) is 11.4 Å². The third-order valence-corrected chi connectivity index (χ3v) is 10.3. The predicted octanol–water partition coefficient (Wildman–Crippen LogP) is 3.19. The van der Waals surface area contributed by atoms with Gasteiger partial charge in [0.15, 0.2) is 12.3 Å². The quantitative estimate of drug-likeness (QED) is 0.124. The summed E-state index contributed by atoms with van der Waals surface area (Å²) in [5, 5.41) is 0. The van der Waals surface area contributed by atoms with Crippen LogP contribution in [0, 0.1) is 0 Å². The Bertz CT molecular complexity index is 2190. The third-order valence-electron chi connectivity index (χ3n) is 8.60. The summed E-state index contributed by atoms with van der Waals surface area (Å²) < 4.78 is 71.6. The van der Waals surface area contributed by atoms with E-state index in [1.54, 1.807) is 12.1 Å². The SMILES string of the molecule is CCN(Cc1cccc(S(=O)(=O)[O-])c1)c1ccc(C(=C2C=CC(=[N+](CC)Cc3cccc(S(=O)(=O)[O-])c3)C=C2)c2ccc(N(C)C)cc2)cc1.[Na+]. The summed E-state index contributed by atoms with van der Waals surface area (Å²) in [6.45, 7) is 6.26. The zero-order chi connectivity index (χ0) is 36.1. The molecule has 0 spiro atoms. The molecule has 4 aromatic carbocycles. The molecule has 1 aliphatic rings. The first-order chi connectivity index (χ1) is 23.8. The Balaban J connectivity index is 0.00000583. The van der Waals surface area contributed by atoms with Gasteiger partial charge in [-0.25, -0.2) is 21.4 Å². The summed E-state index contributed by atoms with van der Waals surface area (Å²) in [5.41, 5.74) is 8.56. The molecule has 5 rings (SSSR count). The van der Waals surface area contributed by atoms with Crippen LogP contribution in [0.15, 0.2) is 137 Å². The minimum Gasteiger partial charge on any atom is -0.744 e. The van der Waals surface area contributed by atoms with Crippen molar-refractivity contribution >= 4 is 42.9 Å². The Morgan fingerprint density at radius 3 is 1.63 bits per heavy atom. The molecular weight excluding hydrogens is 694 g/mol. The minimum atomic E-state index is -4.55.